The largest absolute Gasteiger partial charge is 0.318 e. The van der Waals surface area contributed by atoms with E-state index in [1.54, 1.807) is 0 Å². The van der Waals surface area contributed by atoms with Crippen molar-refractivity contribution >= 4 is 92.9 Å². The van der Waals surface area contributed by atoms with E-state index in [9.17, 15) is 22.4 Å². The molecule has 0 amide bonds. The van der Waals surface area contributed by atoms with Gasteiger partial charge < -0.3 is 18.3 Å². The van der Waals surface area contributed by atoms with Crippen LogP contribution in [0.4, 0.5) is 5.69 Å². The lowest BCUT2D eigenvalue weighted by Crippen LogP contribution is -2.11. The molecule has 0 saturated carbocycles. The molecule has 0 saturated heterocycles. The van der Waals surface area contributed by atoms with Gasteiger partial charge in [0.05, 0.1) is 90.1 Å². The Bertz CT molecular complexity index is 9010. The van der Waals surface area contributed by atoms with E-state index in [0.29, 0.717) is 45.0 Å². The second-order valence-electron chi connectivity index (χ2n) is 36.4. The number of benzene rings is 22. The van der Waals surface area contributed by atoms with Crippen molar-refractivity contribution in [1.82, 2.24) is 18.3 Å². The molecule has 144 heavy (non-hydrogen) atoms. The molecule has 26 rings (SSSR count). The normalized spacial score (nSPS) is 11.3. The molecule has 8 nitrogen and oxygen atoms in total. The van der Waals surface area contributed by atoms with Gasteiger partial charge in [-0.2, -0.15) is 15.8 Å². The quantitative estimate of drug-likeness (QED) is 0.0902. The van der Waals surface area contributed by atoms with Crippen LogP contribution in [0.3, 0.4) is 0 Å². The smallest absolute Gasteiger partial charge is 0.220 e. The molecular weight excluding hydrogens is 1750 g/mol. The number of nitriles is 3. The van der Waals surface area contributed by atoms with E-state index in [1.807, 2.05) is 133 Å². The molecule has 0 radical (unpaired) electrons. The summed E-state index contributed by atoms with van der Waals surface area (Å²) in [6.45, 7) is 9.33. The predicted molar refractivity (Wildman–Crippen MR) is 596 cm³/mol. The van der Waals surface area contributed by atoms with Gasteiger partial charge in [0.25, 0.3) is 0 Å². The van der Waals surface area contributed by atoms with Crippen molar-refractivity contribution in [2.45, 2.75) is 0 Å². The van der Waals surface area contributed by atoms with Gasteiger partial charge in [-0.05, 0) is 208 Å². The number of aromatic nitrogens is 4. The van der Waals surface area contributed by atoms with Crippen molar-refractivity contribution in [3.63, 3.8) is 0 Å². The van der Waals surface area contributed by atoms with Crippen molar-refractivity contribution in [2.24, 2.45) is 0 Å². The third-order valence-electron chi connectivity index (χ3n) is 28.4. The zero-order valence-corrected chi connectivity index (χ0v) is 78.1. The molecule has 0 spiro atoms. The molecule has 4 heterocycles. The van der Waals surface area contributed by atoms with Gasteiger partial charge >= 0.3 is 0 Å². The molecule has 8 heteroatoms. The van der Waals surface area contributed by atoms with Gasteiger partial charge in [-0.3, -0.25) is 0 Å². The summed E-state index contributed by atoms with van der Waals surface area (Å²) in [4.78, 5) is 4.55. The maximum absolute atomic E-state index is 12.1. The molecule has 0 aliphatic carbocycles. The fraction of sp³-hybridized carbons (Fsp3) is 0. The highest BCUT2D eigenvalue weighted by Crippen LogP contribution is 2.56. The lowest BCUT2D eigenvalue weighted by Gasteiger charge is -2.26. The highest BCUT2D eigenvalue weighted by atomic mass is 15.1. The number of hydrogen-bond donors (Lipinski definition) is 0. The van der Waals surface area contributed by atoms with Crippen LogP contribution in [0.15, 0.2) is 510 Å². The standard InChI is InChI=1S/2C68H42N4/c1-70-66-64(49-28-16-6-17-29-49)59(44-69)67(71-60-36-32-51(45-20-8-2-9-21-45)40-55(60)56-41-52(33-37-61(56)71)46-22-10-3-11-23-46)65(50-30-18-7-19-31-50)68(66)72-62-38-34-53(47-24-12-4-13-25-47)42-57(62)58-43-54(35-39-63(58)72)48-26-14-5-15-27-48;69-43-59-65(49-27-15-5-16-28-49)68(72-63-37-33-53(47-23-11-3-12-24-47)41-57(63)58-42-54(34-38-64(58)72)48-25-13-4-14-26-48)66(50-29-17-6-18-30-50)60(44-70)67(59)71-61-35-31-51(45-19-7-1-8-20-45)39-55(61)56-40-52(32-36-62(56)71)46-21-9-2-10-22-46/h2-43H;1-42H. The van der Waals surface area contributed by atoms with Crippen LogP contribution in [-0.4, -0.2) is 18.3 Å². The van der Waals surface area contributed by atoms with E-state index in [2.05, 4.69) is 417 Å². The molecule has 26 aromatic rings. The van der Waals surface area contributed by atoms with Crippen LogP contribution in [0.25, 0.3) is 248 Å². The first-order chi connectivity index (χ1) is 71.3. The minimum Gasteiger partial charge on any atom is -0.318 e. The summed E-state index contributed by atoms with van der Waals surface area (Å²) < 4.78 is 9.09. The highest BCUT2D eigenvalue weighted by molar-refractivity contribution is 6.20. The molecule has 0 atom stereocenters. The van der Waals surface area contributed by atoms with E-state index in [1.165, 1.54) is 0 Å². The Morgan fingerprint density at radius 2 is 0.312 bits per heavy atom. The van der Waals surface area contributed by atoms with Gasteiger partial charge in [0.15, 0.2) is 0 Å². The number of fused-ring (bicyclic) bond motifs is 12. The summed E-state index contributed by atoms with van der Waals surface area (Å²) in [5.74, 6) is 0. The summed E-state index contributed by atoms with van der Waals surface area (Å²) in [6.07, 6.45) is 0. The minimum absolute atomic E-state index is 0.400. The first kappa shape index (κ1) is 85.6. The molecule has 0 N–H and O–H groups in total. The monoisotopic (exact) mass is 1830 g/mol. The summed E-state index contributed by atoms with van der Waals surface area (Å²) in [5.41, 5.74) is 35.8. The Balaban J connectivity index is 0.000000151. The first-order valence-electron chi connectivity index (χ1n) is 48.4. The Labute approximate surface area is 833 Å². The summed E-state index contributed by atoms with van der Waals surface area (Å²) in [5, 5.41) is 44.5. The zero-order chi connectivity index (χ0) is 96.2. The Morgan fingerprint density at radius 3 is 0.507 bits per heavy atom. The number of rotatable bonds is 16. The number of hydrogen-bond acceptors (Lipinski definition) is 3. The molecule has 0 bridgehead atoms. The van der Waals surface area contributed by atoms with E-state index < -0.39 is 0 Å². The molecule has 0 unspecified atom stereocenters. The molecule has 22 aromatic carbocycles. The van der Waals surface area contributed by atoms with Crippen LogP contribution in [-0.2, 0) is 0 Å². The maximum Gasteiger partial charge on any atom is 0.220 e. The van der Waals surface area contributed by atoms with Crippen LogP contribution in [0.1, 0.15) is 16.7 Å². The van der Waals surface area contributed by atoms with Gasteiger partial charge in [-0.25, -0.2) is 4.85 Å². The van der Waals surface area contributed by atoms with Crippen molar-refractivity contribution in [3.05, 3.63) is 538 Å². The van der Waals surface area contributed by atoms with E-state index >= 15 is 0 Å². The summed E-state index contributed by atoms with van der Waals surface area (Å²) in [7, 11) is 0. The fourth-order valence-electron chi connectivity index (χ4n) is 21.8. The molecule has 0 aliphatic rings. The minimum atomic E-state index is 0.400. The van der Waals surface area contributed by atoms with E-state index in [-0.39, 0.29) is 0 Å². The molecule has 668 valence electrons. The molecule has 0 fully saturated rings. The zero-order valence-electron chi connectivity index (χ0n) is 78.1. The maximum atomic E-state index is 12.1. The van der Waals surface area contributed by atoms with Crippen LogP contribution >= 0.6 is 0 Å². The third kappa shape index (κ3) is 14.7. The molecular formula is C136H84N8. The lowest BCUT2D eigenvalue weighted by molar-refractivity contribution is 1.13. The van der Waals surface area contributed by atoms with Crippen LogP contribution in [0.5, 0.6) is 0 Å². The summed E-state index contributed by atoms with van der Waals surface area (Å²) >= 11 is 0. The second-order valence-corrected chi connectivity index (χ2v) is 36.4. The van der Waals surface area contributed by atoms with E-state index in [0.717, 1.165) is 221 Å². The van der Waals surface area contributed by atoms with Crippen molar-refractivity contribution in [1.29, 1.82) is 15.8 Å². The average Bonchev–Trinajstić information content (AvgIpc) is 1.53. The van der Waals surface area contributed by atoms with Gasteiger partial charge in [0.1, 0.15) is 18.2 Å². The number of nitrogens with zero attached hydrogens (tertiary/aromatic N) is 8. The van der Waals surface area contributed by atoms with Crippen LogP contribution in [0.2, 0.25) is 0 Å². The summed E-state index contributed by atoms with van der Waals surface area (Å²) in [6, 6.07) is 186. The van der Waals surface area contributed by atoms with Crippen molar-refractivity contribution in [2.75, 3.05) is 0 Å². The Kier molecular flexibility index (Phi) is 21.7. The van der Waals surface area contributed by atoms with Gasteiger partial charge in [-0.1, -0.05) is 413 Å². The van der Waals surface area contributed by atoms with Gasteiger partial charge in [-0.15, -0.1) is 0 Å². The Morgan fingerprint density at radius 1 is 0.153 bits per heavy atom. The SMILES string of the molecule is N#Cc1c(-c2ccccc2)c(-n2c3ccc(-c4ccccc4)cc3c3cc(-c4ccccc4)ccc32)c(-c2ccccc2)c(C#N)c1-n1c2ccc(-c3ccccc3)cc2c2cc(-c3ccccc3)ccc21.[C-]#[N+]c1c(-c2ccccc2)c(C#N)c(-n2c3ccc(-c4ccccc4)cc3c3cc(-c4ccccc4)ccc32)c(-c2ccccc2)c1-n1c2ccc(-c3ccccc3)cc2c2cc(-c3ccccc3)ccc21. The average molecular weight is 1830 g/mol. The van der Waals surface area contributed by atoms with Crippen LogP contribution < -0.4 is 0 Å². The van der Waals surface area contributed by atoms with Crippen molar-refractivity contribution in [3.8, 4) is 174 Å². The van der Waals surface area contributed by atoms with Crippen LogP contribution in [0, 0.1) is 40.6 Å². The first-order valence-corrected chi connectivity index (χ1v) is 48.4. The fourth-order valence-corrected chi connectivity index (χ4v) is 21.8. The predicted octanol–water partition coefficient (Wildman–Crippen LogP) is 35.9. The molecule has 4 aromatic heterocycles. The lowest BCUT2D eigenvalue weighted by atomic mass is 9.86. The second kappa shape index (κ2) is 36.5. The van der Waals surface area contributed by atoms with Gasteiger partial charge in [0.2, 0.25) is 5.69 Å². The highest BCUT2D eigenvalue weighted by Gasteiger charge is 2.36. The topological polar surface area (TPSA) is 95.5 Å². The van der Waals surface area contributed by atoms with Crippen molar-refractivity contribution < 1.29 is 0 Å². The Hall–Kier alpha value is -20.0. The van der Waals surface area contributed by atoms with Gasteiger partial charge in [0, 0.05) is 65.3 Å². The van der Waals surface area contributed by atoms with E-state index in [4.69, 9.17) is 0 Å². The third-order valence-corrected chi connectivity index (χ3v) is 28.4. The molecule has 0 aliphatic heterocycles.